The maximum atomic E-state index is 12.3. The van der Waals surface area contributed by atoms with E-state index in [0.717, 1.165) is 25.7 Å². The Morgan fingerprint density at radius 2 is 2.30 bits per heavy atom. The Hall–Kier alpha value is -1.11. The zero-order valence-corrected chi connectivity index (χ0v) is 14.5. The van der Waals surface area contributed by atoms with Crippen LogP contribution in [0.4, 0.5) is 4.79 Å². The van der Waals surface area contributed by atoms with Crippen LogP contribution >= 0.6 is 11.3 Å². The molecular weight excluding hydrogens is 312 g/mol. The van der Waals surface area contributed by atoms with Crippen molar-refractivity contribution in [3.63, 3.8) is 0 Å². The Morgan fingerprint density at radius 1 is 1.52 bits per heavy atom. The summed E-state index contributed by atoms with van der Waals surface area (Å²) in [5.74, 6) is 0. The van der Waals surface area contributed by atoms with Crippen LogP contribution < -0.4 is 5.32 Å². The largest absolute Gasteiger partial charge is 0.392 e. The Bertz CT molecular complexity index is 510. The Kier molecular flexibility index (Phi) is 5.24. The molecule has 1 saturated carbocycles. The number of hydrogen-bond donors (Lipinski definition) is 2. The maximum Gasteiger partial charge on any atom is 0.317 e. The second-order valence-electron chi connectivity index (χ2n) is 6.48. The van der Waals surface area contributed by atoms with Gasteiger partial charge >= 0.3 is 6.03 Å². The van der Waals surface area contributed by atoms with Gasteiger partial charge in [-0.1, -0.05) is 6.07 Å². The lowest BCUT2D eigenvalue weighted by Crippen LogP contribution is -2.63. The summed E-state index contributed by atoms with van der Waals surface area (Å²) in [5, 5.41) is 15.3. The lowest BCUT2D eigenvalue weighted by Gasteiger charge is -2.56. The molecule has 2 amide bonds. The maximum absolute atomic E-state index is 12.3. The topological polar surface area (TPSA) is 61.8 Å². The summed E-state index contributed by atoms with van der Waals surface area (Å²) in [4.78, 5) is 15.4. The molecule has 1 aliphatic carbocycles. The molecule has 2 fully saturated rings. The van der Waals surface area contributed by atoms with E-state index in [-0.39, 0.29) is 23.7 Å². The average Bonchev–Trinajstić information content (AvgIpc) is 3.08. The number of ether oxygens (including phenoxy) is 1. The van der Waals surface area contributed by atoms with Gasteiger partial charge in [0.05, 0.1) is 12.2 Å². The van der Waals surface area contributed by atoms with E-state index in [1.807, 2.05) is 17.9 Å². The number of hydrogen-bond acceptors (Lipinski definition) is 4. The van der Waals surface area contributed by atoms with Crippen LogP contribution in [0, 0.1) is 5.41 Å². The van der Waals surface area contributed by atoms with Crippen molar-refractivity contribution in [2.45, 2.75) is 44.8 Å². The molecule has 1 saturated heterocycles. The summed E-state index contributed by atoms with van der Waals surface area (Å²) in [6.07, 6.45) is 3.16. The number of carbonyl (C=O) groups excluding carboxylic acids is 1. The van der Waals surface area contributed by atoms with E-state index in [2.05, 4.69) is 16.8 Å². The van der Waals surface area contributed by atoms with Crippen molar-refractivity contribution in [3.05, 3.63) is 22.4 Å². The summed E-state index contributed by atoms with van der Waals surface area (Å²) < 4.78 is 5.77. The highest BCUT2D eigenvalue weighted by molar-refractivity contribution is 7.09. The van der Waals surface area contributed by atoms with Crippen molar-refractivity contribution in [1.82, 2.24) is 10.2 Å². The van der Waals surface area contributed by atoms with Crippen LogP contribution in [0.1, 0.15) is 31.1 Å². The molecule has 0 aromatic carbocycles. The van der Waals surface area contributed by atoms with E-state index in [4.69, 9.17) is 4.74 Å². The van der Waals surface area contributed by atoms with Crippen molar-refractivity contribution in [2.75, 3.05) is 26.2 Å². The minimum atomic E-state index is -0.275. The minimum absolute atomic E-state index is 0.0122. The molecule has 0 bridgehead atoms. The number of amides is 2. The second kappa shape index (κ2) is 7.20. The SMILES string of the molecule is CCO[C@@H]1C[C@H](O)C12CCN(C(=O)NCCc1cccs1)CC2. The molecule has 128 valence electrons. The van der Waals surface area contributed by atoms with Gasteiger partial charge in [0.25, 0.3) is 0 Å². The number of aliphatic hydroxyl groups is 1. The Labute approximate surface area is 141 Å². The first-order valence-corrected chi connectivity index (χ1v) is 9.38. The van der Waals surface area contributed by atoms with Crippen LogP contribution in [0.5, 0.6) is 0 Å². The first-order valence-electron chi connectivity index (χ1n) is 8.50. The molecule has 3 rings (SSSR count). The van der Waals surface area contributed by atoms with Gasteiger partial charge in [-0.05, 0) is 37.6 Å². The Morgan fingerprint density at radius 3 is 2.91 bits per heavy atom. The van der Waals surface area contributed by atoms with Crippen LogP contribution in [-0.4, -0.2) is 54.5 Å². The molecule has 1 spiro atoms. The summed E-state index contributed by atoms with van der Waals surface area (Å²) in [6, 6.07) is 4.14. The quantitative estimate of drug-likeness (QED) is 0.866. The molecule has 2 N–H and O–H groups in total. The van der Waals surface area contributed by atoms with Crippen molar-refractivity contribution in [3.8, 4) is 0 Å². The zero-order valence-electron chi connectivity index (χ0n) is 13.7. The number of thiophene rings is 1. The summed E-state index contributed by atoms with van der Waals surface area (Å²) in [6.45, 7) is 4.75. The molecule has 2 heterocycles. The third kappa shape index (κ3) is 3.39. The number of nitrogens with one attached hydrogen (secondary N) is 1. The molecule has 0 radical (unpaired) electrons. The van der Waals surface area contributed by atoms with Crippen molar-refractivity contribution in [2.24, 2.45) is 5.41 Å². The Balaban J connectivity index is 1.44. The van der Waals surface area contributed by atoms with Crippen LogP contribution in [0.2, 0.25) is 0 Å². The first kappa shape index (κ1) is 16.7. The van der Waals surface area contributed by atoms with E-state index in [1.54, 1.807) is 11.3 Å². The van der Waals surface area contributed by atoms with Crippen molar-refractivity contribution in [1.29, 1.82) is 0 Å². The van der Waals surface area contributed by atoms with Crippen LogP contribution in [-0.2, 0) is 11.2 Å². The van der Waals surface area contributed by atoms with Gasteiger partial charge in [0.2, 0.25) is 0 Å². The van der Waals surface area contributed by atoms with Gasteiger partial charge in [0.1, 0.15) is 0 Å². The van der Waals surface area contributed by atoms with Crippen molar-refractivity contribution >= 4 is 17.4 Å². The molecular formula is C17H26N2O3S. The monoisotopic (exact) mass is 338 g/mol. The molecule has 0 unspecified atom stereocenters. The number of piperidine rings is 1. The fourth-order valence-corrected chi connectivity index (χ4v) is 4.51. The fourth-order valence-electron chi connectivity index (χ4n) is 3.80. The highest BCUT2D eigenvalue weighted by atomic mass is 32.1. The third-order valence-corrected chi connectivity index (χ3v) is 6.26. The van der Waals surface area contributed by atoms with Gasteiger partial charge in [-0.15, -0.1) is 11.3 Å². The molecule has 6 heteroatoms. The van der Waals surface area contributed by atoms with Gasteiger partial charge in [-0.3, -0.25) is 0 Å². The van der Waals surface area contributed by atoms with E-state index in [9.17, 15) is 9.90 Å². The molecule has 5 nitrogen and oxygen atoms in total. The molecule has 23 heavy (non-hydrogen) atoms. The van der Waals surface area contributed by atoms with Crippen LogP contribution in [0.25, 0.3) is 0 Å². The molecule has 2 atom stereocenters. The van der Waals surface area contributed by atoms with E-state index in [0.29, 0.717) is 26.2 Å². The summed E-state index contributed by atoms with van der Waals surface area (Å²) in [7, 11) is 0. The molecule has 2 aliphatic rings. The summed E-state index contributed by atoms with van der Waals surface area (Å²) in [5.41, 5.74) is -0.121. The second-order valence-corrected chi connectivity index (χ2v) is 7.51. The van der Waals surface area contributed by atoms with Gasteiger partial charge < -0.3 is 20.1 Å². The predicted molar refractivity (Wildman–Crippen MR) is 90.7 cm³/mol. The van der Waals surface area contributed by atoms with Crippen LogP contribution in [0.3, 0.4) is 0 Å². The van der Waals surface area contributed by atoms with Gasteiger partial charge in [0, 0.05) is 43.0 Å². The number of rotatable bonds is 5. The van der Waals surface area contributed by atoms with Crippen LogP contribution in [0.15, 0.2) is 17.5 Å². The number of aliphatic hydroxyl groups excluding tert-OH is 1. The lowest BCUT2D eigenvalue weighted by atomic mass is 9.58. The van der Waals surface area contributed by atoms with Crippen molar-refractivity contribution < 1.29 is 14.6 Å². The smallest absolute Gasteiger partial charge is 0.317 e. The molecule has 1 aliphatic heterocycles. The highest BCUT2D eigenvalue weighted by Gasteiger charge is 2.56. The van der Waals surface area contributed by atoms with E-state index < -0.39 is 0 Å². The van der Waals surface area contributed by atoms with Gasteiger partial charge in [-0.25, -0.2) is 4.79 Å². The third-order valence-electron chi connectivity index (χ3n) is 5.32. The predicted octanol–water partition coefficient (Wildman–Crippen LogP) is 2.25. The molecule has 1 aromatic heterocycles. The number of urea groups is 1. The average molecular weight is 338 g/mol. The van der Waals surface area contributed by atoms with Gasteiger partial charge in [-0.2, -0.15) is 0 Å². The number of likely N-dealkylation sites (tertiary alicyclic amines) is 1. The lowest BCUT2D eigenvalue weighted by molar-refractivity contribution is -0.207. The zero-order chi connectivity index (χ0) is 16.3. The fraction of sp³-hybridized carbons (Fsp3) is 0.706. The molecule has 1 aromatic rings. The normalized spacial score (nSPS) is 26.1. The van der Waals surface area contributed by atoms with Gasteiger partial charge in [0.15, 0.2) is 0 Å². The minimum Gasteiger partial charge on any atom is -0.392 e. The summed E-state index contributed by atoms with van der Waals surface area (Å²) >= 11 is 1.72. The first-order chi connectivity index (χ1) is 11.2. The number of carbonyl (C=O) groups is 1. The number of nitrogens with zero attached hydrogens (tertiary/aromatic N) is 1. The highest BCUT2D eigenvalue weighted by Crippen LogP contribution is 2.50. The standard InChI is InChI=1S/C17H26N2O3S/c1-2-22-15-12-14(20)17(15)6-9-19(10-7-17)16(21)18-8-5-13-4-3-11-23-13/h3-4,11,14-15,20H,2,5-10,12H2,1H3,(H,18,21)/t14-,15+/m0/s1. The van der Waals surface area contributed by atoms with E-state index in [1.165, 1.54) is 4.88 Å². The van der Waals surface area contributed by atoms with E-state index >= 15 is 0 Å².